The summed E-state index contributed by atoms with van der Waals surface area (Å²) in [5.41, 5.74) is 0.143. The zero-order valence-corrected chi connectivity index (χ0v) is 11.3. The Morgan fingerprint density at radius 2 is 2.06 bits per heavy atom. The van der Waals surface area contributed by atoms with Gasteiger partial charge in [0.2, 0.25) is 11.8 Å². The van der Waals surface area contributed by atoms with E-state index in [2.05, 4.69) is 22.9 Å². The predicted octanol–water partition coefficient (Wildman–Crippen LogP) is 0.0502. The number of rotatable bonds is 4. The second-order valence-electron chi connectivity index (χ2n) is 4.78. The van der Waals surface area contributed by atoms with Crippen molar-refractivity contribution in [2.24, 2.45) is 5.41 Å². The molecule has 3 N–H and O–H groups in total. The van der Waals surface area contributed by atoms with Crippen LogP contribution in [0.4, 0.5) is 0 Å². The molecule has 1 unspecified atom stereocenters. The standard InChI is InChI=1S/C11H21N3O2.ClH/c1-9(15)13-6-10(16)14-8-11(2)4-3-5-12-7-11;/h12H,3-8H2,1-2H3,(H,13,15)(H,14,16);1H. The van der Waals surface area contributed by atoms with Crippen LogP contribution in [0.2, 0.25) is 0 Å². The molecule has 0 saturated carbocycles. The molecule has 1 heterocycles. The van der Waals surface area contributed by atoms with Crippen molar-refractivity contribution in [3.05, 3.63) is 0 Å². The van der Waals surface area contributed by atoms with E-state index in [-0.39, 0.29) is 36.2 Å². The zero-order chi connectivity index (χ0) is 12.0. The zero-order valence-electron chi connectivity index (χ0n) is 10.5. The van der Waals surface area contributed by atoms with Crippen molar-refractivity contribution in [3.8, 4) is 0 Å². The van der Waals surface area contributed by atoms with Crippen molar-refractivity contribution >= 4 is 24.2 Å². The lowest BCUT2D eigenvalue weighted by Crippen LogP contribution is -2.47. The summed E-state index contributed by atoms with van der Waals surface area (Å²) in [6.07, 6.45) is 2.28. The highest BCUT2D eigenvalue weighted by Gasteiger charge is 2.26. The van der Waals surface area contributed by atoms with E-state index in [4.69, 9.17) is 0 Å². The Labute approximate surface area is 109 Å². The molecule has 17 heavy (non-hydrogen) atoms. The van der Waals surface area contributed by atoms with Crippen molar-refractivity contribution in [2.45, 2.75) is 26.7 Å². The normalized spacial score (nSPS) is 23.4. The van der Waals surface area contributed by atoms with Crippen LogP contribution in [0.1, 0.15) is 26.7 Å². The molecular weight excluding hydrogens is 242 g/mol. The minimum absolute atomic E-state index is 0. The molecule has 0 aromatic rings. The van der Waals surface area contributed by atoms with Gasteiger partial charge in [-0.3, -0.25) is 9.59 Å². The number of carbonyl (C=O) groups is 2. The van der Waals surface area contributed by atoms with Gasteiger partial charge in [-0.1, -0.05) is 6.92 Å². The molecular formula is C11H22ClN3O2. The molecule has 1 saturated heterocycles. The highest BCUT2D eigenvalue weighted by atomic mass is 35.5. The minimum atomic E-state index is -0.180. The van der Waals surface area contributed by atoms with Gasteiger partial charge in [-0.15, -0.1) is 12.4 Å². The lowest BCUT2D eigenvalue weighted by Gasteiger charge is -2.34. The second kappa shape index (κ2) is 7.50. The summed E-state index contributed by atoms with van der Waals surface area (Å²) in [5.74, 6) is -0.303. The van der Waals surface area contributed by atoms with Gasteiger partial charge in [0.1, 0.15) is 0 Å². The van der Waals surface area contributed by atoms with Crippen LogP contribution in [0.25, 0.3) is 0 Å². The molecule has 0 spiro atoms. The van der Waals surface area contributed by atoms with Crippen molar-refractivity contribution in [1.29, 1.82) is 0 Å². The Morgan fingerprint density at radius 3 is 2.59 bits per heavy atom. The summed E-state index contributed by atoms with van der Waals surface area (Å²) in [6, 6.07) is 0. The smallest absolute Gasteiger partial charge is 0.239 e. The van der Waals surface area contributed by atoms with Crippen LogP contribution < -0.4 is 16.0 Å². The quantitative estimate of drug-likeness (QED) is 0.671. The van der Waals surface area contributed by atoms with Gasteiger partial charge in [0.15, 0.2) is 0 Å². The minimum Gasteiger partial charge on any atom is -0.354 e. The predicted molar refractivity (Wildman–Crippen MR) is 69.2 cm³/mol. The molecule has 0 bridgehead atoms. The Bertz CT molecular complexity index is 265. The summed E-state index contributed by atoms with van der Waals surface area (Å²) < 4.78 is 0. The Morgan fingerprint density at radius 1 is 1.35 bits per heavy atom. The van der Waals surface area contributed by atoms with Crippen molar-refractivity contribution in [1.82, 2.24) is 16.0 Å². The van der Waals surface area contributed by atoms with Crippen LogP contribution in [0, 0.1) is 5.41 Å². The number of hydrogen-bond donors (Lipinski definition) is 3. The number of piperidine rings is 1. The third kappa shape index (κ3) is 6.48. The highest BCUT2D eigenvalue weighted by Crippen LogP contribution is 2.23. The Hall–Kier alpha value is -0.810. The molecule has 100 valence electrons. The summed E-state index contributed by atoms with van der Waals surface area (Å²) in [5, 5.41) is 8.66. The van der Waals surface area contributed by atoms with Crippen molar-refractivity contribution in [3.63, 3.8) is 0 Å². The maximum absolute atomic E-state index is 11.4. The van der Waals surface area contributed by atoms with Gasteiger partial charge in [-0.2, -0.15) is 0 Å². The largest absolute Gasteiger partial charge is 0.354 e. The third-order valence-corrected chi connectivity index (χ3v) is 2.90. The monoisotopic (exact) mass is 263 g/mol. The van der Waals surface area contributed by atoms with Crippen LogP contribution >= 0.6 is 12.4 Å². The van der Waals surface area contributed by atoms with Gasteiger partial charge in [0.25, 0.3) is 0 Å². The number of amides is 2. The topological polar surface area (TPSA) is 70.2 Å². The van der Waals surface area contributed by atoms with E-state index < -0.39 is 0 Å². The molecule has 0 aromatic heterocycles. The molecule has 1 aliphatic heterocycles. The molecule has 1 atom stereocenters. The molecule has 6 heteroatoms. The van der Waals surface area contributed by atoms with Crippen molar-refractivity contribution in [2.75, 3.05) is 26.2 Å². The average Bonchev–Trinajstić information content (AvgIpc) is 2.25. The van der Waals surface area contributed by atoms with Crippen molar-refractivity contribution < 1.29 is 9.59 Å². The van der Waals surface area contributed by atoms with Crippen LogP contribution in [0.3, 0.4) is 0 Å². The average molecular weight is 264 g/mol. The first-order valence-corrected chi connectivity index (χ1v) is 5.74. The lowest BCUT2D eigenvalue weighted by molar-refractivity contribution is -0.125. The fourth-order valence-corrected chi connectivity index (χ4v) is 1.85. The molecule has 1 aliphatic rings. The van der Waals surface area contributed by atoms with E-state index in [1.807, 2.05) is 0 Å². The SMILES string of the molecule is CC(=O)NCC(=O)NCC1(C)CCCNC1.Cl. The second-order valence-corrected chi connectivity index (χ2v) is 4.78. The Balaban J connectivity index is 0.00000256. The van der Waals surface area contributed by atoms with E-state index in [0.717, 1.165) is 25.9 Å². The molecule has 1 fully saturated rings. The first-order valence-electron chi connectivity index (χ1n) is 5.74. The van der Waals surface area contributed by atoms with Gasteiger partial charge in [-0.05, 0) is 24.8 Å². The third-order valence-electron chi connectivity index (χ3n) is 2.90. The van der Waals surface area contributed by atoms with Crippen LogP contribution in [0.5, 0.6) is 0 Å². The van der Waals surface area contributed by atoms with Gasteiger partial charge in [0.05, 0.1) is 6.54 Å². The first-order chi connectivity index (χ1) is 7.52. The van der Waals surface area contributed by atoms with Gasteiger partial charge < -0.3 is 16.0 Å². The first kappa shape index (κ1) is 16.2. The number of hydrogen-bond acceptors (Lipinski definition) is 3. The summed E-state index contributed by atoms with van der Waals surface area (Å²) in [4.78, 5) is 22.0. The number of halogens is 1. The summed E-state index contributed by atoms with van der Waals surface area (Å²) >= 11 is 0. The molecule has 1 rings (SSSR count). The van der Waals surface area contributed by atoms with Crippen LogP contribution in [-0.2, 0) is 9.59 Å². The highest BCUT2D eigenvalue weighted by molar-refractivity contribution is 5.85. The molecule has 0 aliphatic carbocycles. The fourth-order valence-electron chi connectivity index (χ4n) is 1.85. The van der Waals surface area contributed by atoms with Gasteiger partial charge >= 0.3 is 0 Å². The Kier molecular flexibility index (Phi) is 7.15. The van der Waals surface area contributed by atoms with E-state index in [1.54, 1.807) is 0 Å². The van der Waals surface area contributed by atoms with Crippen LogP contribution in [-0.4, -0.2) is 38.0 Å². The van der Waals surface area contributed by atoms with Gasteiger partial charge in [-0.25, -0.2) is 0 Å². The van der Waals surface area contributed by atoms with Gasteiger partial charge in [0, 0.05) is 20.0 Å². The molecule has 2 amide bonds. The fraction of sp³-hybridized carbons (Fsp3) is 0.818. The summed E-state index contributed by atoms with van der Waals surface area (Å²) in [6.45, 7) is 6.30. The molecule has 5 nitrogen and oxygen atoms in total. The number of carbonyl (C=O) groups excluding carboxylic acids is 2. The maximum Gasteiger partial charge on any atom is 0.239 e. The maximum atomic E-state index is 11.4. The van der Waals surface area contributed by atoms with E-state index in [9.17, 15) is 9.59 Å². The van der Waals surface area contributed by atoms with E-state index >= 15 is 0 Å². The van der Waals surface area contributed by atoms with E-state index in [0.29, 0.717) is 6.54 Å². The summed E-state index contributed by atoms with van der Waals surface area (Å²) in [7, 11) is 0. The van der Waals surface area contributed by atoms with Crippen LogP contribution in [0.15, 0.2) is 0 Å². The molecule has 0 aromatic carbocycles. The lowest BCUT2D eigenvalue weighted by atomic mass is 9.83. The number of nitrogens with one attached hydrogen (secondary N) is 3. The van der Waals surface area contributed by atoms with E-state index in [1.165, 1.54) is 6.92 Å². The molecule has 0 radical (unpaired) electrons.